The van der Waals surface area contributed by atoms with Gasteiger partial charge >= 0.3 is 0 Å². The fraction of sp³-hybridized carbons (Fsp3) is 0.875. The minimum Gasteiger partial charge on any atom is -0.110 e. The molecule has 0 aliphatic heterocycles. The largest absolute Gasteiger partial charge is 0.110 e. The van der Waals surface area contributed by atoms with Crippen molar-refractivity contribution in [1.29, 1.82) is 0 Å². The van der Waals surface area contributed by atoms with E-state index < -0.39 is 6.89 Å². The van der Waals surface area contributed by atoms with Crippen LogP contribution in [0.3, 0.4) is 0 Å². The summed E-state index contributed by atoms with van der Waals surface area (Å²) in [6.07, 6.45) is 4.28. The molecule has 0 radical (unpaired) electrons. The van der Waals surface area contributed by atoms with Crippen LogP contribution in [-0.4, -0.2) is 24.3 Å². The Balaban J connectivity index is 4.21. The van der Waals surface area contributed by atoms with Crippen LogP contribution in [0.15, 0.2) is 0 Å². The Kier molecular flexibility index (Phi) is 3.02. The molecule has 0 aromatic carbocycles. The minimum atomic E-state index is -0.836. The van der Waals surface area contributed by atoms with Gasteiger partial charge in [-0.2, -0.15) is 0 Å². The van der Waals surface area contributed by atoms with Gasteiger partial charge in [0.1, 0.15) is 0 Å². The second-order valence-electron chi connectivity index (χ2n) is 3.53. The molecule has 0 aliphatic rings. The molecule has 0 aromatic rings. The van der Waals surface area contributed by atoms with E-state index in [0.29, 0.717) is 0 Å². The van der Waals surface area contributed by atoms with Crippen molar-refractivity contribution in [1.82, 2.24) is 0 Å². The highest BCUT2D eigenvalue weighted by atomic mass is 31.2. The lowest BCUT2D eigenvalue weighted by molar-refractivity contribution is 1.01. The number of hydrogen-bond donors (Lipinski definition) is 0. The normalized spacial score (nSPS) is 13.2. The Morgan fingerprint density at radius 1 is 1.00 bits per heavy atom. The molecule has 0 aromatic heterocycles. The Labute approximate surface area is 59.6 Å². The summed E-state index contributed by atoms with van der Waals surface area (Å²) < 4.78 is 0. The standard InChI is InChI=1S/C8H19P/c1-7(2)9(5,6)8(3)4/h7-8H,5H2,1-4,6H3. The van der Waals surface area contributed by atoms with Crippen LogP contribution in [0.5, 0.6) is 0 Å². The third kappa shape index (κ3) is 2.18. The summed E-state index contributed by atoms with van der Waals surface area (Å²) in [4.78, 5) is 0. The second-order valence-corrected chi connectivity index (χ2v) is 8.29. The molecule has 0 amide bonds. The molecule has 56 valence electrons. The van der Waals surface area contributed by atoms with Crippen LogP contribution in [0.4, 0.5) is 0 Å². The van der Waals surface area contributed by atoms with Crippen LogP contribution in [0.25, 0.3) is 0 Å². The summed E-state index contributed by atoms with van der Waals surface area (Å²) in [6, 6.07) is 0. The van der Waals surface area contributed by atoms with Crippen molar-refractivity contribution < 1.29 is 0 Å². The fourth-order valence-electron chi connectivity index (χ4n) is 0.596. The highest BCUT2D eigenvalue weighted by molar-refractivity contribution is 7.74. The van der Waals surface area contributed by atoms with E-state index >= 15 is 0 Å². The van der Waals surface area contributed by atoms with Crippen molar-refractivity contribution in [3.8, 4) is 0 Å². The monoisotopic (exact) mass is 146 g/mol. The van der Waals surface area contributed by atoms with Gasteiger partial charge < -0.3 is 0 Å². The first kappa shape index (κ1) is 9.30. The molecule has 1 heteroatoms. The molecule has 0 heterocycles. The van der Waals surface area contributed by atoms with E-state index in [1.54, 1.807) is 0 Å². The molecule has 9 heavy (non-hydrogen) atoms. The van der Waals surface area contributed by atoms with Gasteiger partial charge in [0.15, 0.2) is 0 Å². The zero-order valence-electron chi connectivity index (χ0n) is 7.31. The van der Waals surface area contributed by atoms with Gasteiger partial charge in [-0.1, -0.05) is 27.7 Å². The van der Waals surface area contributed by atoms with Gasteiger partial charge in [-0.3, -0.25) is 0 Å². The summed E-state index contributed by atoms with van der Waals surface area (Å²) in [7, 11) is 0. The molecule has 0 aliphatic carbocycles. The Morgan fingerprint density at radius 2 is 1.22 bits per heavy atom. The molecule has 0 spiro atoms. The molecular formula is C8H19P. The maximum atomic E-state index is 4.28. The van der Waals surface area contributed by atoms with Gasteiger partial charge in [0, 0.05) is 0 Å². The van der Waals surface area contributed by atoms with E-state index in [1.165, 1.54) is 0 Å². The highest BCUT2D eigenvalue weighted by Crippen LogP contribution is 2.50. The van der Waals surface area contributed by atoms with E-state index in [0.717, 1.165) is 11.3 Å². The summed E-state index contributed by atoms with van der Waals surface area (Å²) in [5.41, 5.74) is 1.58. The molecule has 0 atom stereocenters. The summed E-state index contributed by atoms with van der Waals surface area (Å²) >= 11 is 0. The van der Waals surface area contributed by atoms with Gasteiger partial charge in [-0.15, -0.1) is 13.2 Å². The molecule has 0 bridgehead atoms. The number of rotatable bonds is 2. The van der Waals surface area contributed by atoms with Gasteiger partial charge in [0.25, 0.3) is 0 Å². The first-order chi connectivity index (χ1) is 3.89. The Hall–Kier alpha value is 0.300. The minimum absolute atomic E-state index is 0.789. The van der Waals surface area contributed by atoms with E-state index in [4.69, 9.17) is 0 Å². The molecule has 0 saturated carbocycles. The van der Waals surface area contributed by atoms with Crippen molar-refractivity contribution in [3.63, 3.8) is 0 Å². The van der Waals surface area contributed by atoms with Crippen molar-refractivity contribution in [3.05, 3.63) is 0 Å². The van der Waals surface area contributed by atoms with Crippen LogP contribution >= 0.6 is 6.89 Å². The summed E-state index contributed by atoms with van der Waals surface area (Å²) in [5, 5.41) is 0. The summed E-state index contributed by atoms with van der Waals surface area (Å²) in [6.45, 7) is 10.6. The SMILES string of the molecule is C=P(C)(C(C)C)C(C)C. The lowest BCUT2D eigenvalue weighted by Crippen LogP contribution is -2.06. The molecule has 0 fully saturated rings. The van der Waals surface area contributed by atoms with Gasteiger partial charge in [0.2, 0.25) is 0 Å². The lowest BCUT2D eigenvalue weighted by Gasteiger charge is -2.27. The van der Waals surface area contributed by atoms with E-state index in [-0.39, 0.29) is 0 Å². The van der Waals surface area contributed by atoms with Gasteiger partial charge in [0.05, 0.1) is 0 Å². The zero-order chi connectivity index (χ0) is 7.65. The van der Waals surface area contributed by atoms with Crippen LogP contribution < -0.4 is 0 Å². The first-order valence-electron chi connectivity index (χ1n) is 3.59. The maximum absolute atomic E-state index is 4.28. The van der Waals surface area contributed by atoms with Crippen LogP contribution in [0, 0.1) is 0 Å². The average molecular weight is 146 g/mol. The van der Waals surface area contributed by atoms with E-state index in [9.17, 15) is 0 Å². The van der Waals surface area contributed by atoms with Crippen molar-refractivity contribution >= 4 is 13.2 Å². The topological polar surface area (TPSA) is 0 Å². The van der Waals surface area contributed by atoms with Crippen LogP contribution in [-0.2, 0) is 0 Å². The van der Waals surface area contributed by atoms with Crippen molar-refractivity contribution in [2.24, 2.45) is 0 Å². The molecule has 0 unspecified atom stereocenters. The van der Waals surface area contributed by atoms with Crippen molar-refractivity contribution in [2.75, 3.05) is 6.66 Å². The summed E-state index contributed by atoms with van der Waals surface area (Å²) in [5.74, 6) is 0. The third-order valence-electron chi connectivity index (χ3n) is 2.36. The van der Waals surface area contributed by atoms with Gasteiger partial charge in [-0.25, -0.2) is 0 Å². The Morgan fingerprint density at radius 3 is 1.22 bits per heavy atom. The predicted octanol–water partition coefficient (Wildman–Crippen LogP) is 2.88. The zero-order valence-corrected chi connectivity index (χ0v) is 8.20. The third-order valence-corrected chi connectivity index (χ3v) is 7.08. The average Bonchev–Trinajstić information content (AvgIpc) is 1.65. The fourth-order valence-corrected chi connectivity index (χ4v) is 1.79. The first-order valence-corrected chi connectivity index (χ1v) is 6.15. The van der Waals surface area contributed by atoms with Crippen LogP contribution in [0.1, 0.15) is 27.7 Å². The Bertz CT molecular complexity index is 111. The smallest absolute Gasteiger partial charge is 0.0273 e. The molecule has 0 rings (SSSR count). The quantitative estimate of drug-likeness (QED) is 0.525. The van der Waals surface area contributed by atoms with Crippen LogP contribution in [0.2, 0.25) is 0 Å². The lowest BCUT2D eigenvalue weighted by atomic mass is 10.5. The molecule has 0 nitrogen and oxygen atoms in total. The highest BCUT2D eigenvalue weighted by Gasteiger charge is 2.15. The molecule has 0 saturated heterocycles. The van der Waals surface area contributed by atoms with E-state index in [2.05, 4.69) is 40.7 Å². The second kappa shape index (κ2) is 2.92. The number of hydrogen-bond acceptors (Lipinski definition) is 0. The molecule has 0 N–H and O–H groups in total. The van der Waals surface area contributed by atoms with E-state index in [1.807, 2.05) is 0 Å². The predicted molar refractivity (Wildman–Crippen MR) is 50.2 cm³/mol. The maximum Gasteiger partial charge on any atom is -0.0273 e. The van der Waals surface area contributed by atoms with Crippen molar-refractivity contribution in [2.45, 2.75) is 39.0 Å². The van der Waals surface area contributed by atoms with Gasteiger partial charge in [-0.05, 0) is 18.0 Å². The molecular weight excluding hydrogens is 127 g/mol.